The molecule has 0 radical (unpaired) electrons. The van der Waals surface area contributed by atoms with Crippen molar-refractivity contribution in [3.05, 3.63) is 48.0 Å². The Bertz CT molecular complexity index is 881. The van der Waals surface area contributed by atoms with Gasteiger partial charge in [0.1, 0.15) is 17.2 Å². The number of fused-ring (bicyclic) bond motifs is 1. The number of hydroxylamine groups is 2. The van der Waals surface area contributed by atoms with Crippen molar-refractivity contribution in [2.45, 2.75) is 38.4 Å². The highest BCUT2D eigenvalue weighted by atomic mass is 16.7. The highest BCUT2D eigenvalue weighted by molar-refractivity contribution is 5.88. The van der Waals surface area contributed by atoms with Gasteiger partial charge in [0.2, 0.25) is 5.79 Å². The van der Waals surface area contributed by atoms with E-state index < -0.39 is 5.79 Å². The van der Waals surface area contributed by atoms with E-state index in [1.54, 1.807) is 31.4 Å². The predicted octanol–water partition coefficient (Wildman–Crippen LogP) is 4.93. The summed E-state index contributed by atoms with van der Waals surface area (Å²) in [6.45, 7) is 6.31. The Hall–Kier alpha value is -2.77. The van der Waals surface area contributed by atoms with E-state index in [0.717, 1.165) is 22.8 Å². The van der Waals surface area contributed by atoms with Crippen LogP contribution in [0.15, 0.2) is 42.5 Å². The molecule has 1 aliphatic heterocycles. The molecule has 0 aromatic heterocycles. The quantitative estimate of drug-likeness (QED) is 0.721. The fraction of sp³-hybridized carbons (Fsp3) is 0.409. The average Bonchev–Trinajstić information content (AvgIpc) is 2.67. The van der Waals surface area contributed by atoms with Gasteiger partial charge in [0, 0.05) is 44.8 Å². The number of carbonyl (C=O) groups excluding carboxylic acids is 1. The molecule has 0 saturated heterocycles. The standard InChI is InChI=1S/C22H28N2O5/c1-21(2)14-22(3,26-5)29-19-13-17(11-12-18(19)21)28-16-9-7-15(8-10-16)23-20(25)24(4)27-6/h7-13H,14H2,1-6H3,(H,23,25). The van der Waals surface area contributed by atoms with Crippen molar-refractivity contribution >= 4 is 11.7 Å². The van der Waals surface area contributed by atoms with Crippen molar-refractivity contribution in [1.82, 2.24) is 5.06 Å². The van der Waals surface area contributed by atoms with Crippen LogP contribution in [-0.2, 0) is 15.0 Å². The lowest BCUT2D eigenvalue weighted by Gasteiger charge is -2.43. The Morgan fingerprint density at radius 3 is 2.34 bits per heavy atom. The summed E-state index contributed by atoms with van der Waals surface area (Å²) in [6, 6.07) is 12.6. The minimum absolute atomic E-state index is 0.0773. The van der Waals surface area contributed by atoms with Gasteiger partial charge in [-0.1, -0.05) is 19.9 Å². The zero-order valence-electron chi connectivity index (χ0n) is 17.7. The van der Waals surface area contributed by atoms with Crippen molar-refractivity contribution in [2.75, 3.05) is 26.6 Å². The minimum Gasteiger partial charge on any atom is -0.462 e. The van der Waals surface area contributed by atoms with Crippen molar-refractivity contribution in [1.29, 1.82) is 0 Å². The van der Waals surface area contributed by atoms with Gasteiger partial charge >= 0.3 is 6.03 Å². The van der Waals surface area contributed by atoms with E-state index in [1.165, 1.54) is 14.2 Å². The van der Waals surface area contributed by atoms with E-state index in [9.17, 15) is 4.79 Å². The van der Waals surface area contributed by atoms with E-state index in [2.05, 4.69) is 19.2 Å². The van der Waals surface area contributed by atoms with Gasteiger partial charge in [-0.15, -0.1) is 0 Å². The fourth-order valence-corrected chi connectivity index (χ4v) is 3.52. The molecule has 3 rings (SSSR count). The summed E-state index contributed by atoms with van der Waals surface area (Å²) in [5, 5.41) is 3.83. The van der Waals surface area contributed by atoms with Gasteiger partial charge in [0.25, 0.3) is 0 Å². The molecule has 156 valence electrons. The lowest BCUT2D eigenvalue weighted by Crippen LogP contribution is -2.45. The third kappa shape index (κ3) is 4.63. The third-order valence-corrected chi connectivity index (χ3v) is 5.10. The predicted molar refractivity (Wildman–Crippen MR) is 110 cm³/mol. The maximum absolute atomic E-state index is 11.8. The first kappa shape index (κ1) is 21.0. The van der Waals surface area contributed by atoms with E-state index in [1.807, 2.05) is 25.1 Å². The Morgan fingerprint density at radius 1 is 1.07 bits per heavy atom. The molecule has 0 fully saturated rings. The smallest absolute Gasteiger partial charge is 0.345 e. The van der Waals surface area contributed by atoms with Crippen LogP contribution in [0.5, 0.6) is 17.2 Å². The van der Waals surface area contributed by atoms with Crippen LogP contribution >= 0.6 is 0 Å². The van der Waals surface area contributed by atoms with E-state index in [0.29, 0.717) is 17.2 Å². The lowest BCUT2D eigenvalue weighted by atomic mass is 9.76. The first-order chi connectivity index (χ1) is 13.7. The van der Waals surface area contributed by atoms with Crippen molar-refractivity contribution in [3.63, 3.8) is 0 Å². The number of urea groups is 1. The number of nitrogens with one attached hydrogen (secondary N) is 1. The number of hydrogen-bond acceptors (Lipinski definition) is 5. The maximum Gasteiger partial charge on any atom is 0.345 e. The zero-order chi connectivity index (χ0) is 21.2. The molecule has 1 N–H and O–H groups in total. The Morgan fingerprint density at radius 2 is 1.72 bits per heavy atom. The van der Waals surface area contributed by atoms with E-state index in [-0.39, 0.29) is 11.4 Å². The highest BCUT2D eigenvalue weighted by Gasteiger charge is 2.42. The van der Waals surface area contributed by atoms with Crippen LogP contribution < -0.4 is 14.8 Å². The summed E-state index contributed by atoms with van der Waals surface area (Å²) < 4.78 is 17.7. The number of amides is 2. The largest absolute Gasteiger partial charge is 0.462 e. The van der Waals surface area contributed by atoms with Crippen molar-refractivity contribution in [3.8, 4) is 17.2 Å². The lowest BCUT2D eigenvalue weighted by molar-refractivity contribution is -0.172. The molecule has 2 amide bonds. The number of benzene rings is 2. The minimum atomic E-state index is -0.676. The molecule has 2 aromatic carbocycles. The van der Waals surface area contributed by atoms with Gasteiger partial charge in [0.15, 0.2) is 0 Å². The maximum atomic E-state index is 11.8. The second-order valence-electron chi connectivity index (χ2n) is 7.90. The zero-order valence-corrected chi connectivity index (χ0v) is 17.7. The summed E-state index contributed by atoms with van der Waals surface area (Å²) in [4.78, 5) is 16.7. The number of ether oxygens (including phenoxy) is 3. The summed E-state index contributed by atoms with van der Waals surface area (Å²) in [5.41, 5.74) is 1.68. The SMILES string of the molecule is CON(C)C(=O)Nc1ccc(Oc2ccc3c(c2)OC(C)(OC)CC3(C)C)cc1. The second-order valence-corrected chi connectivity index (χ2v) is 7.90. The normalized spacial score (nSPS) is 19.7. The van der Waals surface area contributed by atoms with Gasteiger partial charge in [-0.3, -0.25) is 4.84 Å². The molecule has 0 saturated carbocycles. The third-order valence-electron chi connectivity index (χ3n) is 5.10. The van der Waals surface area contributed by atoms with Crippen molar-refractivity contribution in [2.24, 2.45) is 0 Å². The Kier molecular flexibility index (Phi) is 5.73. The molecule has 29 heavy (non-hydrogen) atoms. The summed E-state index contributed by atoms with van der Waals surface area (Å²) >= 11 is 0. The van der Waals surface area contributed by atoms with Gasteiger partial charge < -0.3 is 19.5 Å². The Labute approximate surface area is 171 Å². The number of anilines is 1. The second kappa shape index (κ2) is 7.93. The molecule has 1 heterocycles. The molecule has 0 bridgehead atoms. The van der Waals surface area contributed by atoms with Crippen LogP contribution in [0, 0.1) is 0 Å². The van der Waals surface area contributed by atoms with Gasteiger partial charge in [0.05, 0.1) is 7.11 Å². The van der Waals surface area contributed by atoms with Gasteiger partial charge in [-0.2, -0.15) is 0 Å². The first-order valence-corrected chi connectivity index (χ1v) is 9.41. The number of nitrogens with zero attached hydrogens (tertiary/aromatic N) is 1. The fourth-order valence-electron chi connectivity index (χ4n) is 3.52. The molecular weight excluding hydrogens is 372 g/mol. The van der Waals surface area contributed by atoms with Crippen LogP contribution in [-0.4, -0.2) is 38.1 Å². The number of hydrogen-bond donors (Lipinski definition) is 1. The molecule has 0 spiro atoms. The number of rotatable bonds is 5. The monoisotopic (exact) mass is 400 g/mol. The van der Waals surface area contributed by atoms with Gasteiger partial charge in [-0.25, -0.2) is 9.86 Å². The topological polar surface area (TPSA) is 69.3 Å². The molecule has 7 nitrogen and oxygen atoms in total. The molecule has 7 heteroatoms. The summed E-state index contributed by atoms with van der Waals surface area (Å²) in [5.74, 6) is 1.39. The van der Waals surface area contributed by atoms with Crippen LogP contribution in [0.4, 0.5) is 10.5 Å². The van der Waals surface area contributed by atoms with Gasteiger partial charge in [-0.05, 0) is 35.7 Å². The van der Waals surface area contributed by atoms with Crippen LogP contribution in [0.2, 0.25) is 0 Å². The van der Waals surface area contributed by atoms with Crippen molar-refractivity contribution < 1.29 is 23.8 Å². The molecular formula is C22H28N2O5. The van der Waals surface area contributed by atoms with Crippen LogP contribution in [0.1, 0.15) is 32.8 Å². The number of methoxy groups -OCH3 is 1. The summed E-state index contributed by atoms with van der Waals surface area (Å²) in [6.07, 6.45) is 0.759. The molecule has 0 aliphatic carbocycles. The molecule has 2 aromatic rings. The molecule has 1 atom stereocenters. The van der Waals surface area contributed by atoms with Crippen LogP contribution in [0.3, 0.4) is 0 Å². The molecule has 1 aliphatic rings. The average molecular weight is 400 g/mol. The van der Waals surface area contributed by atoms with E-state index >= 15 is 0 Å². The molecule has 1 unspecified atom stereocenters. The first-order valence-electron chi connectivity index (χ1n) is 9.41. The number of carbonyl (C=O) groups is 1. The van der Waals surface area contributed by atoms with E-state index in [4.69, 9.17) is 19.0 Å². The summed E-state index contributed by atoms with van der Waals surface area (Å²) in [7, 11) is 4.61. The highest BCUT2D eigenvalue weighted by Crippen LogP contribution is 2.46. The Balaban J connectivity index is 1.75. The van der Waals surface area contributed by atoms with Crippen LogP contribution in [0.25, 0.3) is 0 Å².